The van der Waals surface area contributed by atoms with Gasteiger partial charge in [-0.05, 0) is 24.2 Å². The minimum atomic E-state index is -0.131. The Labute approximate surface area is 112 Å². The maximum absolute atomic E-state index is 12.0. The fourth-order valence-electron chi connectivity index (χ4n) is 1.97. The first-order valence-corrected chi connectivity index (χ1v) is 6.54. The summed E-state index contributed by atoms with van der Waals surface area (Å²) in [5.74, 6) is 0.550. The molecule has 98 valence electrons. The van der Waals surface area contributed by atoms with E-state index in [-0.39, 0.29) is 5.91 Å². The zero-order valence-corrected chi connectivity index (χ0v) is 11.1. The number of carbonyl (C=O) groups is 1. The summed E-state index contributed by atoms with van der Waals surface area (Å²) >= 11 is 6.01. The first kappa shape index (κ1) is 13.2. The summed E-state index contributed by atoms with van der Waals surface area (Å²) in [6.45, 7) is 4.89. The van der Waals surface area contributed by atoms with Crippen molar-refractivity contribution in [2.45, 2.75) is 13.3 Å². The van der Waals surface area contributed by atoms with Gasteiger partial charge in [-0.2, -0.15) is 0 Å². The average molecular weight is 269 g/mol. The predicted octanol–water partition coefficient (Wildman–Crippen LogP) is 1.61. The Bertz CT molecular complexity index is 449. The Morgan fingerprint density at radius 3 is 3.06 bits per heavy atom. The van der Waals surface area contributed by atoms with Crippen LogP contribution in [0.1, 0.15) is 22.8 Å². The highest BCUT2D eigenvalue weighted by molar-refractivity contribution is 6.31. The topological polar surface area (TPSA) is 50.4 Å². The highest BCUT2D eigenvalue weighted by Gasteiger charge is 2.21. The normalized spacial score (nSPS) is 13.0. The molecule has 4 nitrogen and oxygen atoms in total. The first-order valence-electron chi connectivity index (χ1n) is 6.16. The van der Waals surface area contributed by atoms with Crippen molar-refractivity contribution in [3.63, 3.8) is 0 Å². The molecule has 0 atom stereocenters. The number of likely N-dealkylation sites (N-methyl/N-ethyl adjacent to an activating group) is 1. The monoisotopic (exact) mass is 268 g/mol. The molecule has 2 rings (SSSR count). The van der Waals surface area contributed by atoms with E-state index < -0.39 is 0 Å². The standard InChI is InChI=1S/C13H17ClN2O2/c1-2-15-4-5-16-13(17)11-8-10(14)7-9-3-6-18-12(9)11/h7-8,15H,2-6H2,1H3,(H,16,17). The van der Waals surface area contributed by atoms with Crippen LogP contribution < -0.4 is 15.4 Å². The Hall–Kier alpha value is -1.26. The van der Waals surface area contributed by atoms with Gasteiger partial charge in [0, 0.05) is 24.5 Å². The summed E-state index contributed by atoms with van der Waals surface area (Å²) in [5, 5.41) is 6.58. The molecule has 1 amide bonds. The van der Waals surface area contributed by atoms with E-state index >= 15 is 0 Å². The van der Waals surface area contributed by atoms with Crippen LogP contribution in [-0.2, 0) is 6.42 Å². The summed E-state index contributed by atoms with van der Waals surface area (Å²) in [7, 11) is 0. The van der Waals surface area contributed by atoms with E-state index in [9.17, 15) is 4.79 Å². The lowest BCUT2D eigenvalue weighted by Crippen LogP contribution is -2.31. The van der Waals surface area contributed by atoms with Crippen molar-refractivity contribution in [3.8, 4) is 5.75 Å². The van der Waals surface area contributed by atoms with Crippen molar-refractivity contribution >= 4 is 17.5 Å². The molecule has 2 N–H and O–H groups in total. The van der Waals surface area contributed by atoms with Crippen LogP contribution in [0.3, 0.4) is 0 Å². The number of nitrogens with one attached hydrogen (secondary N) is 2. The van der Waals surface area contributed by atoms with Crippen LogP contribution >= 0.6 is 11.6 Å². The van der Waals surface area contributed by atoms with Crippen LogP contribution in [-0.4, -0.2) is 32.1 Å². The van der Waals surface area contributed by atoms with Crippen molar-refractivity contribution < 1.29 is 9.53 Å². The van der Waals surface area contributed by atoms with Gasteiger partial charge in [0.15, 0.2) is 0 Å². The number of benzene rings is 1. The van der Waals surface area contributed by atoms with Crippen LogP contribution in [0.4, 0.5) is 0 Å². The van der Waals surface area contributed by atoms with Gasteiger partial charge in [-0.25, -0.2) is 0 Å². The number of ether oxygens (including phenoxy) is 1. The van der Waals surface area contributed by atoms with Crippen molar-refractivity contribution in [1.29, 1.82) is 0 Å². The number of halogens is 1. The summed E-state index contributed by atoms with van der Waals surface area (Å²) < 4.78 is 5.50. The zero-order valence-electron chi connectivity index (χ0n) is 10.4. The maximum Gasteiger partial charge on any atom is 0.255 e. The highest BCUT2D eigenvalue weighted by atomic mass is 35.5. The fraction of sp³-hybridized carbons (Fsp3) is 0.462. The fourth-order valence-corrected chi connectivity index (χ4v) is 2.22. The molecule has 0 saturated heterocycles. The molecule has 0 saturated carbocycles. The molecule has 0 bridgehead atoms. The molecule has 18 heavy (non-hydrogen) atoms. The van der Waals surface area contributed by atoms with Gasteiger partial charge in [-0.3, -0.25) is 4.79 Å². The van der Waals surface area contributed by atoms with Crippen molar-refractivity contribution in [2.75, 3.05) is 26.2 Å². The second-order valence-corrected chi connectivity index (χ2v) is 4.59. The lowest BCUT2D eigenvalue weighted by Gasteiger charge is -2.10. The van der Waals surface area contributed by atoms with E-state index in [0.29, 0.717) is 29.5 Å². The van der Waals surface area contributed by atoms with E-state index in [1.54, 1.807) is 6.07 Å². The molecule has 0 unspecified atom stereocenters. The number of hydrogen-bond donors (Lipinski definition) is 2. The Morgan fingerprint density at radius 2 is 2.28 bits per heavy atom. The number of hydrogen-bond acceptors (Lipinski definition) is 3. The summed E-state index contributed by atoms with van der Waals surface area (Å²) in [5.41, 5.74) is 1.55. The molecule has 0 fully saturated rings. The first-order chi connectivity index (χ1) is 8.72. The largest absolute Gasteiger partial charge is 0.492 e. The minimum Gasteiger partial charge on any atom is -0.492 e. The van der Waals surface area contributed by atoms with Gasteiger partial charge in [0.1, 0.15) is 5.75 Å². The van der Waals surface area contributed by atoms with Crippen LogP contribution in [0.5, 0.6) is 5.75 Å². The SMILES string of the molecule is CCNCCNC(=O)c1cc(Cl)cc2c1OCC2. The van der Waals surface area contributed by atoms with Gasteiger partial charge < -0.3 is 15.4 Å². The molecule has 0 aromatic heterocycles. The van der Waals surface area contributed by atoms with Gasteiger partial charge in [0.25, 0.3) is 5.91 Å². The third-order valence-corrected chi connectivity index (χ3v) is 3.05. The minimum absolute atomic E-state index is 0.131. The molecular weight excluding hydrogens is 252 g/mol. The second kappa shape index (κ2) is 6.07. The van der Waals surface area contributed by atoms with Crippen LogP contribution in [0.2, 0.25) is 5.02 Å². The van der Waals surface area contributed by atoms with Gasteiger partial charge in [-0.1, -0.05) is 18.5 Å². The van der Waals surface area contributed by atoms with Crippen LogP contribution in [0.15, 0.2) is 12.1 Å². The second-order valence-electron chi connectivity index (χ2n) is 4.15. The third-order valence-electron chi connectivity index (χ3n) is 2.83. The third kappa shape index (κ3) is 2.94. The molecule has 5 heteroatoms. The van der Waals surface area contributed by atoms with Crippen molar-refractivity contribution in [2.24, 2.45) is 0 Å². The molecule has 1 aromatic carbocycles. The van der Waals surface area contributed by atoms with Crippen molar-refractivity contribution in [1.82, 2.24) is 10.6 Å². The molecule has 1 aromatic rings. The Morgan fingerprint density at radius 1 is 1.44 bits per heavy atom. The maximum atomic E-state index is 12.0. The summed E-state index contributed by atoms with van der Waals surface area (Å²) in [6, 6.07) is 3.52. The van der Waals surface area contributed by atoms with E-state index in [4.69, 9.17) is 16.3 Å². The summed E-state index contributed by atoms with van der Waals surface area (Å²) in [4.78, 5) is 12.0. The van der Waals surface area contributed by atoms with E-state index in [2.05, 4.69) is 10.6 Å². The quantitative estimate of drug-likeness (QED) is 0.798. The van der Waals surface area contributed by atoms with Crippen LogP contribution in [0, 0.1) is 0 Å². The molecular formula is C13H17ClN2O2. The number of carbonyl (C=O) groups excluding carboxylic acids is 1. The highest BCUT2D eigenvalue weighted by Crippen LogP contribution is 2.32. The average Bonchev–Trinajstić information content (AvgIpc) is 2.81. The molecule has 0 radical (unpaired) electrons. The van der Waals surface area contributed by atoms with E-state index in [1.807, 2.05) is 13.0 Å². The molecule has 1 aliphatic heterocycles. The Balaban J connectivity index is 2.06. The van der Waals surface area contributed by atoms with Crippen LogP contribution in [0.25, 0.3) is 0 Å². The Kier molecular flexibility index (Phi) is 4.44. The number of amides is 1. The van der Waals surface area contributed by atoms with Gasteiger partial charge in [0.2, 0.25) is 0 Å². The lowest BCUT2D eigenvalue weighted by molar-refractivity contribution is 0.0951. The lowest BCUT2D eigenvalue weighted by atomic mass is 10.1. The smallest absolute Gasteiger partial charge is 0.255 e. The van der Waals surface area contributed by atoms with Gasteiger partial charge >= 0.3 is 0 Å². The molecule has 0 spiro atoms. The molecule has 1 aliphatic rings. The van der Waals surface area contributed by atoms with E-state index in [0.717, 1.165) is 25.1 Å². The van der Waals surface area contributed by atoms with Gasteiger partial charge in [-0.15, -0.1) is 0 Å². The zero-order chi connectivity index (χ0) is 13.0. The number of rotatable bonds is 5. The van der Waals surface area contributed by atoms with Gasteiger partial charge in [0.05, 0.1) is 12.2 Å². The van der Waals surface area contributed by atoms with E-state index in [1.165, 1.54) is 0 Å². The van der Waals surface area contributed by atoms with Crippen molar-refractivity contribution in [3.05, 3.63) is 28.3 Å². The number of fused-ring (bicyclic) bond motifs is 1. The molecule has 0 aliphatic carbocycles. The molecule has 1 heterocycles. The predicted molar refractivity (Wildman–Crippen MR) is 71.5 cm³/mol. The summed E-state index contributed by atoms with van der Waals surface area (Å²) in [6.07, 6.45) is 0.813.